The Balaban J connectivity index is 2.03. The number of aromatic amines is 1. The van der Waals surface area contributed by atoms with Crippen LogP contribution in [0.4, 0.5) is 0 Å². The molecule has 0 aliphatic rings. The van der Waals surface area contributed by atoms with E-state index in [0.29, 0.717) is 0 Å². The highest BCUT2D eigenvalue weighted by atomic mass is 14.7. The maximum Gasteiger partial charge on any atom is 0.0497 e. The zero-order chi connectivity index (χ0) is 17.2. The molecule has 2 heteroatoms. The van der Waals surface area contributed by atoms with Crippen molar-refractivity contribution >= 4 is 10.9 Å². The van der Waals surface area contributed by atoms with Crippen molar-refractivity contribution in [3.05, 3.63) is 59.7 Å². The van der Waals surface area contributed by atoms with E-state index in [1.54, 1.807) is 0 Å². The minimum absolute atomic E-state index is 0.183. The van der Waals surface area contributed by atoms with Gasteiger partial charge in [0.25, 0.3) is 0 Å². The van der Waals surface area contributed by atoms with Gasteiger partial charge in [0, 0.05) is 16.6 Å². The number of H-pyrrole nitrogens is 1. The van der Waals surface area contributed by atoms with Crippen LogP contribution >= 0.6 is 0 Å². The number of fused-ring (bicyclic) bond motifs is 1. The summed E-state index contributed by atoms with van der Waals surface area (Å²) >= 11 is 0. The van der Waals surface area contributed by atoms with Gasteiger partial charge in [-0.25, -0.2) is 0 Å². The minimum Gasteiger partial charge on any atom is -0.354 e. The molecule has 126 valence electrons. The first-order chi connectivity index (χ1) is 11.5. The number of unbranched alkanes of at least 4 members (excludes halogenated alkanes) is 1. The molecule has 0 fully saturated rings. The van der Waals surface area contributed by atoms with Crippen LogP contribution < -0.4 is 5.73 Å². The second-order valence-electron chi connectivity index (χ2n) is 7.60. The summed E-state index contributed by atoms with van der Waals surface area (Å²) in [6.07, 6.45) is 3.27. The molecule has 24 heavy (non-hydrogen) atoms. The predicted molar refractivity (Wildman–Crippen MR) is 104 cm³/mol. The second-order valence-corrected chi connectivity index (χ2v) is 7.60. The molecule has 2 aromatic carbocycles. The lowest BCUT2D eigenvalue weighted by molar-refractivity contribution is 0.590. The lowest BCUT2D eigenvalue weighted by Gasteiger charge is -2.19. The number of hydrogen-bond acceptors (Lipinski definition) is 1. The fraction of sp³-hybridized carbons (Fsp3) is 0.364. The molecule has 1 heterocycles. The van der Waals surface area contributed by atoms with Gasteiger partial charge in [-0.05, 0) is 54.0 Å². The Bertz CT molecular complexity index is 804. The monoisotopic (exact) mass is 320 g/mol. The average Bonchev–Trinajstić information content (AvgIpc) is 2.93. The summed E-state index contributed by atoms with van der Waals surface area (Å²) in [5.41, 5.74) is 12.4. The van der Waals surface area contributed by atoms with Crippen molar-refractivity contribution in [1.82, 2.24) is 4.98 Å². The number of hydrogen-bond donors (Lipinski definition) is 2. The minimum atomic E-state index is 0.183. The largest absolute Gasteiger partial charge is 0.354 e. The number of nitrogens with two attached hydrogens (primary N) is 1. The van der Waals surface area contributed by atoms with E-state index in [-0.39, 0.29) is 5.41 Å². The van der Waals surface area contributed by atoms with Crippen molar-refractivity contribution in [2.45, 2.75) is 45.4 Å². The zero-order valence-electron chi connectivity index (χ0n) is 15.0. The Kier molecular flexibility index (Phi) is 4.77. The highest BCUT2D eigenvalue weighted by Crippen LogP contribution is 2.33. The highest BCUT2D eigenvalue weighted by molar-refractivity contribution is 5.90. The summed E-state index contributed by atoms with van der Waals surface area (Å²) in [6.45, 7) is 7.52. The summed E-state index contributed by atoms with van der Waals surface area (Å²) < 4.78 is 0. The van der Waals surface area contributed by atoms with E-state index >= 15 is 0 Å². The average molecular weight is 320 g/mol. The molecule has 0 unspecified atom stereocenters. The molecule has 0 aliphatic heterocycles. The van der Waals surface area contributed by atoms with E-state index in [4.69, 9.17) is 5.73 Å². The number of para-hydroxylation sites is 1. The molecule has 2 nitrogen and oxygen atoms in total. The molecule has 3 N–H and O–H groups in total. The maximum atomic E-state index is 5.68. The Labute approximate surface area is 145 Å². The van der Waals surface area contributed by atoms with E-state index in [1.807, 2.05) is 0 Å². The number of rotatable bonds is 5. The standard InChI is InChI=1S/C22H28N2/c1-22(2,3)17-13-11-16(12-14-17)21-19(9-6-7-15-23)18-8-4-5-10-20(18)24-21/h4-5,8,10-14,24H,6-7,9,15,23H2,1-3H3. The van der Waals surface area contributed by atoms with Gasteiger partial charge in [-0.1, -0.05) is 63.2 Å². The van der Waals surface area contributed by atoms with Gasteiger partial charge in [0.15, 0.2) is 0 Å². The molecule has 0 saturated carbocycles. The van der Waals surface area contributed by atoms with Gasteiger partial charge in [-0.3, -0.25) is 0 Å². The topological polar surface area (TPSA) is 41.8 Å². The normalized spacial score (nSPS) is 12.0. The molecule has 3 rings (SSSR count). The van der Waals surface area contributed by atoms with Gasteiger partial charge in [-0.2, -0.15) is 0 Å². The quantitative estimate of drug-likeness (QED) is 0.606. The van der Waals surface area contributed by atoms with Crippen LogP contribution in [0, 0.1) is 0 Å². The fourth-order valence-corrected chi connectivity index (χ4v) is 3.29. The van der Waals surface area contributed by atoms with Gasteiger partial charge in [0.2, 0.25) is 0 Å². The van der Waals surface area contributed by atoms with Crippen LogP contribution in [0.3, 0.4) is 0 Å². The Morgan fingerprint density at radius 3 is 2.29 bits per heavy atom. The number of nitrogens with one attached hydrogen (secondary N) is 1. The molecule has 0 spiro atoms. The van der Waals surface area contributed by atoms with E-state index in [2.05, 4.69) is 74.3 Å². The third kappa shape index (κ3) is 3.39. The van der Waals surface area contributed by atoms with Gasteiger partial charge >= 0.3 is 0 Å². The number of benzene rings is 2. The first-order valence-electron chi connectivity index (χ1n) is 8.91. The molecular weight excluding hydrogens is 292 g/mol. The van der Waals surface area contributed by atoms with Crippen LogP contribution in [0.25, 0.3) is 22.2 Å². The van der Waals surface area contributed by atoms with E-state index < -0.39 is 0 Å². The summed E-state index contributed by atoms with van der Waals surface area (Å²) in [7, 11) is 0. The van der Waals surface area contributed by atoms with E-state index in [0.717, 1.165) is 25.8 Å². The molecule has 3 aromatic rings. The first-order valence-corrected chi connectivity index (χ1v) is 8.91. The summed E-state index contributed by atoms with van der Waals surface area (Å²) in [6, 6.07) is 17.6. The summed E-state index contributed by atoms with van der Waals surface area (Å²) in [4.78, 5) is 3.63. The molecule has 0 saturated heterocycles. The lowest BCUT2D eigenvalue weighted by Crippen LogP contribution is -2.10. The fourth-order valence-electron chi connectivity index (χ4n) is 3.29. The van der Waals surface area contributed by atoms with Gasteiger partial charge in [-0.15, -0.1) is 0 Å². The molecule has 0 amide bonds. The lowest BCUT2D eigenvalue weighted by atomic mass is 9.86. The van der Waals surface area contributed by atoms with Crippen LogP contribution in [-0.4, -0.2) is 11.5 Å². The predicted octanol–water partition coefficient (Wildman–Crippen LogP) is 5.41. The van der Waals surface area contributed by atoms with Crippen molar-refractivity contribution in [2.24, 2.45) is 5.73 Å². The van der Waals surface area contributed by atoms with Crippen molar-refractivity contribution in [1.29, 1.82) is 0 Å². The number of aryl methyl sites for hydroxylation is 1. The Hall–Kier alpha value is -2.06. The molecule has 1 aromatic heterocycles. The van der Waals surface area contributed by atoms with Gasteiger partial charge < -0.3 is 10.7 Å². The van der Waals surface area contributed by atoms with Crippen LogP contribution in [0.15, 0.2) is 48.5 Å². The van der Waals surface area contributed by atoms with Gasteiger partial charge in [0.1, 0.15) is 0 Å². The van der Waals surface area contributed by atoms with Crippen molar-refractivity contribution in [3.63, 3.8) is 0 Å². The Morgan fingerprint density at radius 1 is 0.917 bits per heavy atom. The van der Waals surface area contributed by atoms with Gasteiger partial charge in [0.05, 0.1) is 0 Å². The molecular formula is C22H28N2. The molecule has 0 aliphatic carbocycles. The summed E-state index contributed by atoms with van der Waals surface area (Å²) in [5, 5.41) is 1.34. The van der Waals surface area contributed by atoms with Crippen molar-refractivity contribution < 1.29 is 0 Å². The first kappa shape index (κ1) is 16.8. The maximum absolute atomic E-state index is 5.68. The molecule has 0 radical (unpaired) electrons. The van der Waals surface area contributed by atoms with E-state index in [9.17, 15) is 0 Å². The van der Waals surface area contributed by atoms with Crippen LogP contribution in [-0.2, 0) is 11.8 Å². The third-order valence-electron chi connectivity index (χ3n) is 4.73. The highest BCUT2D eigenvalue weighted by Gasteiger charge is 2.16. The van der Waals surface area contributed by atoms with Crippen molar-refractivity contribution in [3.8, 4) is 11.3 Å². The summed E-state index contributed by atoms with van der Waals surface area (Å²) in [5.74, 6) is 0. The van der Waals surface area contributed by atoms with Crippen molar-refractivity contribution in [2.75, 3.05) is 6.54 Å². The van der Waals surface area contributed by atoms with E-state index in [1.165, 1.54) is 33.3 Å². The molecule has 0 atom stereocenters. The smallest absolute Gasteiger partial charge is 0.0497 e. The SMILES string of the molecule is CC(C)(C)c1ccc(-c2[nH]c3ccccc3c2CCCCN)cc1. The second kappa shape index (κ2) is 6.82. The molecule has 0 bridgehead atoms. The van der Waals surface area contributed by atoms with Crippen LogP contribution in [0.1, 0.15) is 44.7 Å². The third-order valence-corrected chi connectivity index (χ3v) is 4.73. The van der Waals surface area contributed by atoms with Crippen LogP contribution in [0.5, 0.6) is 0 Å². The Morgan fingerprint density at radius 2 is 1.62 bits per heavy atom. The van der Waals surface area contributed by atoms with Crippen LogP contribution in [0.2, 0.25) is 0 Å². The number of aromatic nitrogens is 1. The zero-order valence-corrected chi connectivity index (χ0v) is 15.0.